The first-order valence-electron chi connectivity index (χ1n) is 1.49. The van der Waals surface area contributed by atoms with Gasteiger partial charge in [0.05, 0.1) is 0 Å². The maximum atomic E-state index is 9.50. The van der Waals surface area contributed by atoms with Crippen molar-refractivity contribution in [2.24, 2.45) is 0 Å². The largest absolute Gasteiger partial charge is 0.512 e. The van der Waals surface area contributed by atoms with Crippen molar-refractivity contribution in [2.45, 2.75) is 0 Å². The molecular formula is C2H7NO2P+. The summed E-state index contributed by atoms with van der Waals surface area (Å²) in [6, 6.07) is 0. The second-order valence-corrected chi connectivity index (χ2v) is 1.34. The van der Waals surface area contributed by atoms with Gasteiger partial charge < -0.3 is 0 Å². The van der Waals surface area contributed by atoms with E-state index in [1.807, 2.05) is 0 Å². The predicted molar refractivity (Wildman–Crippen MR) is 23.8 cm³/mol. The van der Waals surface area contributed by atoms with Gasteiger partial charge in [0, 0.05) is 14.1 Å². The molecule has 0 rings (SSSR count). The summed E-state index contributed by atoms with van der Waals surface area (Å²) in [6.07, 6.45) is 0. The summed E-state index contributed by atoms with van der Waals surface area (Å²) in [4.78, 5) is 0. The van der Waals surface area contributed by atoms with Crippen molar-refractivity contribution in [1.82, 2.24) is 5.06 Å². The third kappa shape index (κ3) is 4.02. The van der Waals surface area contributed by atoms with Crippen molar-refractivity contribution in [1.29, 1.82) is 0 Å². The van der Waals surface area contributed by atoms with Crippen LogP contribution in [-0.4, -0.2) is 19.2 Å². The average molecular weight is 108 g/mol. The Morgan fingerprint density at radius 3 is 2.17 bits per heavy atom. The van der Waals surface area contributed by atoms with Crippen LogP contribution in [0.1, 0.15) is 0 Å². The Morgan fingerprint density at radius 1 is 1.67 bits per heavy atom. The Balaban J connectivity index is 2.81. The van der Waals surface area contributed by atoms with Crippen LogP contribution in [0, 0.1) is 0 Å². The van der Waals surface area contributed by atoms with Crippen LogP contribution in [0.4, 0.5) is 0 Å². The van der Waals surface area contributed by atoms with Gasteiger partial charge >= 0.3 is 8.69 Å². The first kappa shape index (κ1) is 6.02. The molecule has 1 atom stereocenters. The molecule has 0 amide bonds. The molecule has 0 saturated heterocycles. The lowest BCUT2D eigenvalue weighted by atomic mass is 11.2. The van der Waals surface area contributed by atoms with Gasteiger partial charge in [-0.25, -0.2) is 0 Å². The van der Waals surface area contributed by atoms with Gasteiger partial charge in [0.25, 0.3) is 0 Å². The molecule has 0 fully saturated rings. The van der Waals surface area contributed by atoms with E-state index in [4.69, 9.17) is 0 Å². The summed E-state index contributed by atoms with van der Waals surface area (Å²) < 4.78 is 13.9. The van der Waals surface area contributed by atoms with Gasteiger partial charge in [-0.15, -0.1) is 5.06 Å². The van der Waals surface area contributed by atoms with Crippen LogP contribution in [0.15, 0.2) is 0 Å². The fourth-order valence-corrected chi connectivity index (χ4v) is 0.224. The molecule has 0 aromatic heterocycles. The first-order valence-corrected chi connectivity index (χ1v) is 2.30. The number of hydrogen-bond acceptors (Lipinski definition) is 3. The lowest BCUT2D eigenvalue weighted by Crippen LogP contribution is -2.04. The lowest BCUT2D eigenvalue weighted by molar-refractivity contribution is 0.0127. The Bertz CT molecular complexity index is 46.8. The SMILES string of the molecule is CN(C)O[PH+]=O. The Hall–Kier alpha value is 0.0200. The molecule has 0 saturated carbocycles. The molecule has 36 valence electrons. The summed E-state index contributed by atoms with van der Waals surface area (Å²) >= 11 is 0. The number of rotatable bonds is 2. The fourth-order valence-electron chi connectivity index (χ4n) is 0.0745. The maximum absolute atomic E-state index is 9.50. The van der Waals surface area contributed by atoms with Crippen LogP contribution < -0.4 is 0 Å². The minimum atomic E-state index is -0.686. The highest BCUT2D eigenvalue weighted by Gasteiger charge is 1.89. The smallest absolute Gasteiger partial charge is 0.145 e. The standard InChI is InChI=1S/C2H7NO2P/c1-3(2)5-6-4/h6H,1-2H3/q+1. The monoisotopic (exact) mass is 108 g/mol. The molecule has 0 aromatic carbocycles. The van der Waals surface area contributed by atoms with E-state index in [0.717, 1.165) is 0 Å². The van der Waals surface area contributed by atoms with Crippen LogP contribution in [0.2, 0.25) is 0 Å². The van der Waals surface area contributed by atoms with E-state index < -0.39 is 8.69 Å². The third-order valence-corrected chi connectivity index (χ3v) is 0.660. The van der Waals surface area contributed by atoms with Crippen molar-refractivity contribution in [3.05, 3.63) is 0 Å². The van der Waals surface area contributed by atoms with E-state index in [-0.39, 0.29) is 0 Å². The van der Waals surface area contributed by atoms with Crippen molar-refractivity contribution < 1.29 is 9.19 Å². The van der Waals surface area contributed by atoms with Gasteiger partial charge in [0.2, 0.25) is 0 Å². The van der Waals surface area contributed by atoms with Crippen LogP contribution >= 0.6 is 8.69 Å². The summed E-state index contributed by atoms with van der Waals surface area (Å²) in [5.74, 6) is 0. The Labute approximate surface area is 38.1 Å². The Kier molecular flexibility index (Phi) is 3.23. The molecular weight excluding hydrogens is 101 g/mol. The number of nitrogens with zero attached hydrogens (tertiary/aromatic N) is 1. The summed E-state index contributed by atoms with van der Waals surface area (Å²) in [7, 11) is 2.66. The van der Waals surface area contributed by atoms with Crippen LogP contribution in [-0.2, 0) is 9.19 Å². The van der Waals surface area contributed by atoms with Crippen molar-refractivity contribution in [3.8, 4) is 0 Å². The minimum absolute atomic E-state index is 0.686. The molecule has 0 aliphatic heterocycles. The molecule has 0 aliphatic rings. The van der Waals surface area contributed by atoms with E-state index in [0.29, 0.717) is 0 Å². The molecule has 0 aliphatic carbocycles. The van der Waals surface area contributed by atoms with Gasteiger partial charge in [0.15, 0.2) is 0 Å². The molecule has 0 spiro atoms. The minimum Gasteiger partial charge on any atom is -0.145 e. The molecule has 6 heavy (non-hydrogen) atoms. The van der Waals surface area contributed by atoms with Crippen molar-refractivity contribution >= 4 is 8.69 Å². The molecule has 0 N–H and O–H groups in total. The van der Waals surface area contributed by atoms with E-state index in [2.05, 4.69) is 4.62 Å². The molecule has 0 radical (unpaired) electrons. The van der Waals surface area contributed by atoms with E-state index >= 15 is 0 Å². The topological polar surface area (TPSA) is 29.5 Å². The molecule has 0 bridgehead atoms. The molecule has 3 nitrogen and oxygen atoms in total. The van der Waals surface area contributed by atoms with E-state index in [1.54, 1.807) is 14.1 Å². The second kappa shape index (κ2) is 3.22. The maximum Gasteiger partial charge on any atom is 0.512 e. The number of hydroxylamine groups is 2. The summed E-state index contributed by atoms with van der Waals surface area (Å²) in [6.45, 7) is 0. The third-order valence-electron chi connectivity index (χ3n) is 0.220. The van der Waals surface area contributed by atoms with Crippen LogP contribution in [0.5, 0.6) is 0 Å². The quantitative estimate of drug-likeness (QED) is 0.379. The highest BCUT2D eigenvalue weighted by Crippen LogP contribution is 1.93. The summed E-state index contributed by atoms with van der Waals surface area (Å²) in [5.41, 5.74) is 0. The second-order valence-electron chi connectivity index (χ2n) is 0.987. The van der Waals surface area contributed by atoms with Gasteiger partial charge in [-0.2, -0.15) is 0 Å². The average Bonchev–Trinajstić information content (AvgIpc) is 1.35. The van der Waals surface area contributed by atoms with Gasteiger partial charge in [0.1, 0.15) is 0 Å². The zero-order valence-electron chi connectivity index (χ0n) is 3.76. The Morgan fingerprint density at radius 2 is 2.17 bits per heavy atom. The van der Waals surface area contributed by atoms with Crippen molar-refractivity contribution in [3.63, 3.8) is 0 Å². The van der Waals surface area contributed by atoms with Crippen LogP contribution in [0.25, 0.3) is 0 Å². The van der Waals surface area contributed by atoms with E-state index in [9.17, 15) is 4.57 Å². The molecule has 1 unspecified atom stereocenters. The highest BCUT2D eigenvalue weighted by molar-refractivity contribution is 7.17. The van der Waals surface area contributed by atoms with Gasteiger partial charge in [-0.1, -0.05) is 0 Å². The lowest BCUT2D eigenvalue weighted by Gasteiger charge is -1.90. The van der Waals surface area contributed by atoms with E-state index in [1.165, 1.54) is 5.06 Å². The predicted octanol–water partition coefficient (Wildman–Crippen LogP) is 0.419. The first-order chi connectivity index (χ1) is 2.77. The normalized spacial score (nSPS) is 10.5. The zero-order valence-corrected chi connectivity index (χ0v) is 4.76. The van der Waals surface area contributed by atoms with Crippen LogP contribution in [0.3, 0.4) is 0 Å². The fraction of sp³-hybridized carbons (Fsp3) is 1.00. The van der Waals surface area contributed by atoms with Gasteiger partial charge in [-0.3, -0.25) is 0 Å². The van der Waals surface area contributed by atoms with Gasteiger partial charge in [-0.05, 0) is 9.19 Å². The molecule has 0 heterocycles. The summed E-state index contributed by atoms with van der Waals surface area (Å²) in [5, 5.41) is 1.38. The molecule has 4 heteroatoms. The molecule has 0 aromatic rings. The highest BCUT2D eigenvalue weighted by atomic mass is 31.1. The zero-order chi connectivity index (χ0) is 4.99. The number of hydrogen-bond donors (Lipinski definition) is 0. The van der Waals surface area contributed by atoms with Crippen molar-refractivity contribution in [2.75, 3.05) is 14.1 Å².